The van der Waals surface area contributed by atoms with Crippen molar-refractivity contribution in [3.63, 3.8) is 0 Å². The molecular formula is C17H30N2O. The maximum absolute atomic E-state index is 10.4. The number of phenols is 1. The number of hydrogen-bond acceptors (Lipinski definition) is 3. The van der Waals surface area contributed by atoms with Crippen LogP contribution in [-0.4, -0.2) is 37.2 Å². The lowest BCUT2D eigenvalue weighted by Gasteiger charge is -2.18. The molecule has 0 unspecified atom stereocenters. The van der Waals surface area contributed by atoms with Gasteiger partial charge in [0.15, 0.2) is 0 Å². The fourth-order valence-corrected chi connectivity index (χ4v) is 2.26. The molecule has 0 aromatic heterocycles. The van der Waals surface area contributed by atoms with E-state index in [4.69, 9.17) is 0 Å². The molecular weight excluding hydrogens is 248 g/mol. The van der Waals surface area contributed by atoms with Gasteiger partial charge in [0.05, 0.1) is 0 Å². The molecule has 1 aromatic carbocycles. The Hall–Kier alpha value is -1.06. The van der Waals surface area contributed by atoms with Crippen LogP contribution in [-0.2, 0) is 6.54 Å². The van der Waals surface area contributed by atoms with Crippen molar-refractivity contribution in [3.05, 3.63) is 28.8 Å². The van der Waals surface area contributed by atoms with Crippen LogP contribution in [0.2, 0.25) is 0 Å². The number of phenolic OH excluding ortho intramolecular Hbond substituents is 1. The van der Waals surface area contributed by atoms with Crippen molar-refractivity contribution in [2.75, 3.05) is 27.2 Å². The normalized spacial score (nSPS) is 11.8. The van der Waals surface area contributed by atoms with Crippen LogP contribution in [0.15, 0.2) is 12.1 Å². The van der Waals surface area contributed by atoms with Crippen LogP contribution in [0.1, 0.15) is 56.2 Å². The summed E-state index contributed by atoms with van der Waals surface area (Å²) in [6.45, 7) is 11.4. The topological polar surface area (TPSA) is 35.5 Å². The van der Waals surface area contributed by atoms with E-state index in [0.29, 0.717) is 17.6 Å². The van der Waals surface area contributed by atoms with Crippen molar-refractivity contribution in [1.82, 2.24) is 10.2 Å². The van der Waals surface area contributed by atoms with Crippen molar-refractivity contribution in [1.29, 1.82) is 0 Å². The van der Waals surface area contributed by atoms with Gasteiger partial charge < -0.3 is 15.3 Å². The second-order valence-corrected chi connectivity index (χ2v) is 6.41. The van der Waals surface area contributed by atoms with Gasteiger partial charge in [0, 0.05) is 19.6 Å². The van der Waals surface area contributed by atoms with Gasteiger partial charge in [-0.1, -0.05) is 39.8 Å². The Morgan fingerprint density at radius 1 is 1.05 bits per heavy atom. The molecule has 20 heavy (non-hydrogen) atoms. The molecule has 3 nitrogen and oxygen atoms in total. The second-order valence-electron chi connectivity index (χ2n) is 6.41. The summed E-state index contributed by atoms with van der Waals surface area (Å²) in [5, 5.41) is 13.8. The zero-order valence-corrected chi connectivity index (χ0v) is 13.8. The smallest absolute Gasteiger partial charge is 0.122 e. The fourth-order valence-electron chi connectivity index (χ4n) is 2.26. The molecule has 0 spiro atoms. The molecule has 0 fully saturated rings. The zero-order valence-electron chi connectivity index (χ0n) is 13.8. The lowest BCUT2D eigenvalue weighted by Crippen LogP contribution is -2.26. The quantitative estimate of drug-likeness (QED) is 0.751. The van der Waals surface area contributed by atoms with Crippen molar-refractivity contribution in [3.8, 4) is 5.75 Å². The van der Waals surface area contributed by atoms with Crippen molar-refractivity contribution < 1.29 is 5.11 Å². The first-order valence-electron chi connectivity index (χ1n) is 7.54. The minimum absolute atomic E-state index is 0.342. The third kappa shape index (κ3) is 4.80. The second kappa shape index (κ2) is 7.65. The van der Waals surface area contributed by atoms with E-state index in [1.165, 1.54) is 5.56 Å². The Labute approximate surface area is 124 Å². The molecule has 0 aliphatic rings. The molecule has 0 amide bonds. The number of aromatic hydroxyl groups is 1. The predicted molar refractivity (Wildman–Crippen MR) is 86.5 cm³/mol. The number of rotatable bonds is 7. The molecule has 1 rings (SSSR count). The maximum atomic E-state index is 10.4. The Kier molecular flexibility index (Phi) is 6.50. The summed E-state index contributed by atoms with van der Waals surface area (Å²) in [5.41, 5.74) is 3.37. The molecule has 0 aliphatic carbocycles. The first-order chi connectivity index (χ1) is 9.32. The van der Waals surface area contributed by atoms with E-state index in [-0.39, 0.29) is 0 Å². The Morgan fingerprint density at radius 3 is 1.95 bits per heavy atom. The van der Waals surface area contributed by atoms with Crippen LogP contribution in [0.5, 0.6) is 5.75 Å². The van der Waals surface area contributed by atoms with Gasteiger partial charge in [-0.3, -0.25) is 0 Å². The minimum Gasteiger partial charge on any atom is -0.507 e. The Balaban J connectivity index is 2.85. The fraction of sp³-hybridized carbons (Fsp3) is 0.647. The largest absolute Gasteiger partial charge is 0.507 e. The summed E-state index contributed by atoms with van der Waals surface area (Å²) < 4.78 is 0. The SMILES string of the molecule is CC(C)c1cc(CNCCN(C)C)cc(C(C)C)c1O. The molecule has 3 heteroatoms. The van der Waals surface area contributed by atoms with Gasteiger partial charge >= 0.3 is 0 Å². The maximum Gasteiger partial charge on any atom is 0.122 e. The highest BCUT2D eigenvalue weighted by Crippen LogP contribution is 2.34. The molecule has 0 bridgehead atoms. The molecule has 0 aliphatic heterocycles. The lowest BCUT2D eigenvalue weighted by atomic mass is 9.91. The van der Waals surface area contributed by atoms with Crippen molar-refractivity contribution >= 4 is 0 Å². The van der Waals surface area contributed by atoms with Crippen molar-refractivity contribution in [2.45, 2.75) is 46.1 Å². The average Bonchev–Trinajstić information content (AvgIpc) is 2.35. The monoisotopic (exact) mass is 278 g/mol. The van der Waals surface area contributed by atoms with E-state index in [0.717, 1.165) is 30.8 Å². The van der Waals surface area contributed by atoms with Gasteiger partial charge in [-0.2, -0.15) is 0 Å². The van der Waals surface area contributed by atoms with Gasteiger partial charge in [-0.05, 0) is 42.6 Å². The summed E-state index contributed by atoms with van der Waals surface area (Å²) in [7, 11) is 4.16. The lowest BCUT2D eigenvalue weighted by molar-refractivity contribution is 0.400. The summed E-state index contributed by atoms with van der Waals surface area (Å²) in [4.78, 5) is 2.17. The number of benzene rings is 1. The first-order valence-corrected chi connectivity index (χ1v) is 7.54. The van der Waals surface area contributed by atoms with Crippen LogP contribution in [0, 0.1) is 0 Å². The van der Waals surface area contributed by atoms with Gasteiger partial charge in [-0.15, -0.1) is 0 Å². The molecule has 0 saturated heterocycles. The molecule has 1 aromatic rings. The highest BCUT2D eigenvalue weighted by molar-refractivity contribution is 5.46. The minimum atomic E-state index is 0.342. The number of nitrogens with one attached hydrogen (secondary N) is 1. The third-order valence-corrected chi connectivity index (χ3v) is 3.54. The van der Waals surface area contributed by atoms with Crippen LogP contribution in [0.25, 0.3) is 0 Å². The third-order valence-electron chi connectivity index (χ3n) is 3.54. The van der Waals surface area contributed by atoms with E-state index < -0.39 is 0 Å². The standard InChI is InChI=1S/C17H30N2O/c1-12(2)15-9-14(11-18-7-8-19(5)6)10-16(13(3)4)17(15)20/h9-10,12-13,18,20H,7-8,11H2,1-6H3. The highest BCUT2D eigenvalue weighted by Gasteiger charge is 2.14. The average molecular weight is 278 g/mol. The van der Waals surface area contributed by atoms with Gasteiger partial charge in [0.25, 0.3) is 0 Å². The number of hydrogen-bond donors (Lipinski definition) is 2. The van der Waals surface area contributed by atoms with E-state index in [9.17, 15) is 5.11 Å². The van der Waals surface area contributed by atoms with Gasteiger partial charge in [-0.25, -0.2) is 0 Å². The molecule has 2 N–H and O–H groups in total. The summed E-state index contributed by atoms with van der Waals surface area (Å²) in [5.74, 6) is 1.16. The molecule has 0 radical (unpaired) electrons. The predicted octanol–water partition coefficient (Wildman–Crippen LogP) is 3.29. The molecule has 0 atom stereocenters. The zero-order chi connectivity index (χ0) is 15.3. The Morgan fingerprint density at radius 2 is 1.55 bits per heavy atom. The Bertz CT molecular complexity index is 396. The van der Waals surface area contributed by atoms with Crippen LogP contribution < -0.4 is 5.32 Å². The molecule has 114 valence electrons. The van der Waals surface area contributed by atoms with Crippen molar-refractivity contribution in [2.24, 2.45) is 0 Å². The summed E-state index contributed by atoms with van der Waals surface area (Å²) >= 11 is 0. The molecule has 0 heterocycles. The highest BCUT2D eigenvalue weighted by atomic mass is 16.3. The number of nitrogens with zero attached hydrogens (tertiary/aromatic N) is 1. The van der Waals surface area contributed by atoms with Gasteiger partial charge in [0.2, 0.25) is 0 Å². The van der Waals surface area contributed by atoms with Crippen LogP contribution >= 0.6 is 0 Å². The van der Waals surface area contributed by atoms with Crippen LogP contribution in [0.4, 0.5) is 0 Å². The van der Waals surface area contributed by atoms with Crippen LogP contribution in [0.3, 0.4) is 0 Å². The van der Waals surface area contributed by atoms with E-state index in [2.05, 4.69) is 64.1 Å². The summed E-state index contributed by atoms with van der Waals surface area (Å²) in [6, 6.07) is 4.27. The van der Waals surface area contributed by atoms with E-state index in [1.807, 2.05) is 0 Å². The molecule has 0 saturated carbocycles. The first kappa shape index (κ1) is 17.0. The number of likely N-dealkylation sites (N-methyl/N-ethyl adjacent to an activating group) is 1. The summed E-state index contributed by atoms with van der Waals surface area (Å²) in [6.07, 6.45) is 0. The van der Waals surface area contributed by atoms with E-state index in [1.54, 1.807) is 0 Å². The van der Waals surface area contributed by atoms with Gasteiger partial charge in [0.1, 0.15) is 5.75 Å². The van der Waals surface area contributed by atoms with E-state index >= 15 is 0 Å².